The second kappa shape index (κ2) is 5.65. The molecular formula is C19H19BrN2O. The van der Waals surface area contributed by atoms with Crippen LogP contribution in [0.5, 0.6) is 0 Å². The van der Waals surface area contributed by atoms with Crippen molar-refractivity contribution in [2.24, 2.45) is 5.41 Å². The first-order chi connectivity index (χ1) is 10.8. The number of Topliss-reactive ketones (excluding diaryl/α,β-unsaturated/α-hetero) is 1. The molecule has 1 unspecified atom stereocenters. The SMILES string of the molecule is CC1=C(C#N)C(c2ccc(Br)cc2)C2=C(CC(C)(C)CC2=O)N1. The van der Waals surface area contributed by atoms with Crippen molar-refractivity contribution in [1.82, 2.24) is 5.32 Å². The summed E-state index contributed by atoms with van der Waals surface area (Å²) in [5, 5.41) is 13.0. The Morgan fingerprint density at radius 3 is 2.52 bits per heavy atom. The van der Waals surface area contributed by atoms with E-state index in [9.17, 15) is 10.1 Å². The van der Waals surface area contributed by atoms with Crippen LogP contribution in [0.1, 0.15) is 45.1 Å². The predicted octanol–water partition coefficient (Wildman–Crippen LogP) is 4.58. The van der Waals surface area contributed by atoms with Crippen molar-refractivity contribution in [3.05, 3.63) is 56.8 Å². The number of nitriles is 1. The van der Waals surface area contributed by atoms with Gasteiger partial charge in [-0.2, -0.15) is 5.26 Å². The topological polar surface area (TPSA) is 52.9 Å². The van der Waals surface area contributed by atoms with Crippen molar-refractivity contribution in [3.8, 4) is 6.07 Å². The number of benzene rings is 1. The number of dihydropyridines is 1. The number of hydrogen-bond acceptors (Lipinski definition) is 3. The van der Waals surface area contributed by atoms with Crippen LogP contribution in [0.3, 0.4) is 0 Å². The van der Waals surface area contributed by atoms with Crippen molar-refractivity contribution in [3.63, 3.8) is 0 Å². The zero-order chi connectivity index (χ0) is 16.8. The lowest BCUT2D eigenvalue weighted by molar-refractivity contribution is -0.118. The van der Waals surface area contributed by atoms with Gasteiger partial charge in [0.25, 0.3) is 0 Å². The Kier molecular flexibility index (Phi) is 3.93. The number of ketones is 1. The molecule has 2 aliphatic rings. The van der Waals surface area contributed by atoms with Crippen LogP contribution in [0.4, 0.5) is 0 Å². The maximum Gasteiger partial charge on any atom is 0.162 e. The number of carbonyl (C=O) groups excluding carboxylic acids is 1. The summed E-state index contributed by atoms with van der Waals surface area (Å²) >= 11 is 3.44. The maximum atomic E-state index is 12.8. The number of nitrogens with one attached hydrogen (secondary N) is 1. The Morgan fingerprint density at radius 2 is 1.91 bits per heavy atom. The minimum absolute atomic E-state index is 0.0440. The summed E-state index contributed by atoms with van der Waals surface area (Å²) in [7, 11) is 0. The third-order valence-electron chi connectivity index (χ3n) is 4.56. The molecule has 0 spiro atoms. The molecule has 0 amide bonds. The van der Waals surface area contributed by atoms with E-state index in [0.29, 0.717) is 12.0 Å². The van der Waals surface area contributed by atoms with Crippen LogP contribution in [0, 0.1) is 16.7 Å². The molecule has 3 rings (SSSR count). The van der Waals surface area contributed by atoms with Crippen LogP contribution >= 0.6 is 15.9 Å². The first-order valence-corrected chi connectivity index (χ1v) is 8.51. The van der Waals surface area contributed by atoms with Crippen LogP contribution in [-0.2, 0) is 4.79 Å². The zero-order valence-corrected chi connectivity index (χ0v) is 15.1. The van der Waals surface area contributed by atoms with E-state index in [2.05, 4.69) is 41.2 Å². The lowest BCUT2D eigenvalue weighted by Crippen LogP contribution is -2.36. The normalized spacial score (nSPS) is 23.3. The molecule has 4 heteroatoms. The summed E-state index contributed by atoms with van der Waals surface area (Å²) in [6.45, 7) is 6.15. The Labute approximate surface area is 145 Å². The highest BCUT2D eigenvalue weighted by Gasteiger charge is 2.40. The van der Waals surface area contributed by atoms with Gasteiger partial charge >= 0.3 is 0 Å². The van der Waals surface area contributed by atoms with E-state index >= 15 is 0 Å². The fourth-order valence-corrected chi connectivity index (χ4v) is 3.84. The van der Waals surface area contributed by atoms with E-state index in [1.54, 1.807) is 0 Å². The average molecular weight is 371 g/mol. The van der Waals surface area contributed by atoms with Gasteiger partial charge < -0.3 is 5.32 Å². The molecule has 1 aromatic rings. The predicted molar refractivity (Wildman–Crippen MR) is 93.4 cm³/mol. The van der Waals surface area contributed by atoms with Crippen LogP contribution in [0.15, 0.2) is 51.3 Å². The number of halogens is 1. The standard InChI is InChI=1S/C19H19BrN2O/c1-11-14(10-21)17(12-4-6-13(20)7-5-12)18-15(22-11)8-19(2,3)9-16(18)23/h4-7,17,22H,8-9H2,1-3H3. The van der Waals surface area contributed by atoms with Gasteiger partial charge in [0.05, 0.1) is 17.6 Å². The Bertz CT molecular complexity index is 779. The van der Waals surface area contributed by atoms with Crippen LogP contribution in [0.2, 0.25) is 0 Å². The van der Waals surface area contributed by atoms with Gasteiger partial charge in [-0.05, 0) is 36.5 Å². The van der Waals surface area contributed by atoms with Crippen molar-refractivity contribution in [2.45, 2.75) is 39.5 Å². The number of carbonyl (C=O) groups is 1. The highest BCUT2D eigenvalue weighted by Crippen LogP contribution is 2.46. The number of rotatable bonds is 1. The largest absolute Gasteiger partial charge is 0.361 e. The van der Waals surface area contributed by atoms with Crippen molar-refractivity contribution >= 4 is 21.7 Å². The van der Waals surface area contributed by atoms with Gasteiger partial charge in [0, 0.05) is 27.9 Å². The van der Waals surface area contributed by atoms with Crippen LogP contribution < -0.4 is 5.32 Å². The first kappa shape index (κ1) is 16.0. The summed E-state index contributed by atoms with van der Waals surface area (Å²) in [5.74, 6) is -0.107. The second-order valence-electron chi connectivity index (χ2n) is 7.09. The zero-order valence-electron chi connectivity index (χ0n) is 13.5. The summed E-state index contributed by atoms with van der Waals surface area (Å²) in [6, 6.07) is 10.2. The van der Waals surface area contributed by atoms with Crippen LogP contribution in [0.25, 0.3) is 0 Å². The molecular weight excluding hydrogens is 352 g/mol. The van der Waals surface area contributed by atoms with Gasteiger partial charge in [0.2, 0.25) is 0 Å². The van der Waals surface area contributed by atoms with Crippen molar-refractivity contribution < 1.29 is 4.79 Å². The summed E-state index contributed by atoms with van der Waals surface area (Å²) < 4.78 is 0.986. The number of allylic oxidation sites excluding steroid dienone is 4. The molecule has 0 saturated heterocycles. The van der Waals surface area contributed by atoms with E-state index in [4.69, 9.17) is 0 Å². The summed E-state index contributed by atoms with van der Waals surface area (Å²) in [5.41, 5.74) is 4.19. The molecule has 0 aromatic heterocycles. The second-order valence-corrected chi connectivity index (χ2v) is 8.01. The van der Waals surface area contributed by atoms with Gasteiger partial charge in [-0.15, -0.1) is 0 Å². The molecule has 23 heavy (non-hydrogen) atoms. The Hall–Kier alpha value is -1.86. The quantitative estimate of drug-likeness (QED) is 0.786. The van der Waals surface area contributed by atoms with E-state index in [1.807, 2.05) is 31.2 Å². The molecule has 118 valence electrons. The van der Waals surface area contributed by atoms with Crippen molar-refractivity contribution in [1.29, 1.82) is 5.26 Å². The number of nitrogens with zero attached hydrogens (tertiary/aromatic N) is 1. The fraction of sp³-hybridized carbons (Fsp3) is 0.368. The molecule has 0 radical (unpaired) electrons. The van der Waals surface area contributed by atoms with Crippen LogP contribution in [-0.4, -0.2) is 5.78 Å². The summed E-state index contributed by atoms with van der Waals surface area (Å²) in [4.78, 5) is 12.8. The Balaban J connectivity index is 2.17. The van der Waals surface area contributed by atoms with Gasteiger partial charge in [-0.3, -0.25) is 4.79 Å². The monoisotopic (exact) mass is 370 g/mol. The third kappa shape index (κ3) is 2.86. The maximum absolute atomic E-state index is 12.8. The van der Waals surface area contributed by atoms with Gasteiger partial charge in [0.1, 0.15) is 0 Å². The molecule has 0 saturated carbocycles. The summed E-state index contributed by atoms with van der Waals surface area (Å²) in [6.07, 6.45) is 1.36. The van der Waals surface area contributed by atoms with Gasteiger partial charge in [0.15, 0.2) is 5.78 Å². The first-order valence-electron chi connectivity index (χ1n) is 7.72. The molecule has 0 bridgehead atoms. The smallest absolute Gasteiger partial charge is 0.162 e. The molecule has 1 atom stereocenters. The van der Waals surface area contributed by atoms with E-state index in [-0.39, 0.29) is 17.1 Å². The minimum atomic E-state index is -0.257. The molecule has 1 aliphatic heterocycles. The van der Waals surface area contributed by atoms with Gasteiger partial charge in [-0.1, -0.05) is 41.9 Å². The molecule has 1 aromatic carbocycles. The van der Waals surface area contributed by atoms with E-state index in [1.165, 1.54) is 0 Å². The van der Waals surface area contributed by atoms with Gasteiger partial charge in [-0.25, -0.2) is 0 Å². The Morgan fingerprint density at radius 1 is 1.26 bits per heavy atom. The minimum Gasteiger partial charge on any atom is -0.361 e. The highest BCUT2D eigenvalue weighted by atomic mass is 79.9. The van der Waals surface area contributed by atoms with E-state index < -0.39 is 0 Å². The molecule has 0 fully saturated rings. The third-order valence-corrected chi connectivity index (χ3v) is 5.09. The number of hydrogen-bond donors (Lipinski definition) is 1. The fourth-order valence-electron chi connectivity index (χ4n) is 3.57. The molecule has 3 nitrogen and oxygen atoms in total. The van der Waals surface area contributed by atoms with E-state index in [0.717, 1.165) is 33.4 Å². The lowest BCUT2D eigenvalue weighted by atomic mass is 9.69. The highest BCUT2D eigenvalue weighted by molar-refractivity contribution is 9.10. The molecule has 1 heterocycles. The average Bonchev–Trinajstić information content (AvgIpc) is 2.45. The van der Waals surface area contributed by atoms with Crippen molar-refractivity contribution in [2.75, 3.05) is 0 Å². The molecule has 1 aliphatic carbocycles. The lowest BCUT2D eigenvalue weighted by Gasteiger charge is -2.38. The molecule has 1 N–H and O–H groups in total.